The lowest BCUT2D eigenvalue weighted by molar-refractivity contribution is -0.111. The number of carbonyl (C=O) groups is 2. The van der Waals surface area contributed by atoms with Crippen LogP contribution in [0.15, 0.2) is 48.5 Å². The number of halogens is 1. The molecule has 2 aromatic rings. The summed E-state index contributed by atoms with van der Waals surface area (Å²) in [6, 6.07) is 11.4. The van der Waals surface area contributed by atoms with Crippen molar-refractivity contribution in [2.75, 3.05) is 12.4 Å². The van der Waals surface area contributed by atoms with E-state index in [-0.39, 0.29) is 11.3 Å². The lowest BCUT2D eigenvalue weighted by Crippen LogP contribution is -2.12. The van der Waals surface area contributed by atoms with Crippen LogP contribution in [0.1, 0.15) is 15.9 Å². The second-order valence-electron chi connectivity index (χ2n) is 4.56. The Morgan fingerprint density at radius 2 is 1.96 bits per heavy atom. The van der Waals surface area contributed by atoms with Crippen molar-refractivity contribution in [3.8, 4) is 5.75 Å². The third kappa shape index (κ3) is 4.34. The Hall–Kier alpha value is -2.79. The summed E-state index contributed by atoms with van der Waals surface area (Å²) in [5.41, 5.74) is 0.836. The van der Waals surface area contributed by atoms with Gasteiger partial charge in [-0.15, -0.1) is 0 Å². The molecule has 0 saturated heterocycles. The lowest BCUT2D eigenvalue weighted by Gasteiger charge is -2.07. The zero-order valence-electron chi connectivity index (χ0n) is 12.2. The van der Waals surface area contributed by atoms with Gasteiger partial charge in [0.25, 0.3) is 0 Å². The number of methoxy groups -OCH3 is 1. The second-order valence-corrected chi connectivity index (χ2v) is 5.00. The normalized spacial score (nSPS) is 10.5. The number of carboxylic acids is 1. The first kappa shape index (κ1) is 16.6. The van der Waals surface area contributed by atoms with Crippen molar-refractivity contribution in [2.45, 2.75) is 0 Å². The molecule has 0 aliphatic rings. The molecule has 1 amide bonds. The number of hydrogen-bond donors (Lipinski definition) is 2. The SMILES string of the molecule is COc1ccccc1/C=C/C(=O)Nc1cc(Cl)ccc1C(=O)O. The molecule has 118 valence electrons. The van der Waals surface area contributed by atoms with Gasteiger partial charge in [0.2, 0.25) is 5.91 Å². The summed E-state index contributed by atoms with van der Waals surface area (Å²) >= 11 is 5.84. The van der Waals surface area contributed by atoms with Gasteiger partial charge in [0.05, 0.1) is 18.4 Å². The summed E-state index contributed by atoms with van der Waals surface area (Å²) in [4.78, 5) is 23.1. The quantitative estimate of drug-likeness (QED) is 0.819. The monoisotopic (exact) mass is 331 g/mol. The van der Waals surface area contributed by atoms with Gasteiger partial charge < -0.3 is 15.2 Å². The van der Waals surface area contributed by atoms with E-state index in [1.54, 1.807) is 18.2 Å². The average Bonchev–Trinajstić information content (AvgIpc) is 2.53. The van der Waals surface area contributed by atoms with Crippen LogP contribution < -0.4 is 10.1 Å². The average molecular weight is 332 g/mol. The van der Waals surface area contributed by atoms with Crippen LogP contribution in [0.4, 0.5) is 5.69 Å². The molecule has 0 fully saturated rings. The molecular weight excluding hydrogens is 318 g/mol. The van der Waals surface area contributed by atoms with Crippen LogP contribution in [-0.2, 0) is 4.79 Å². The Kier molecular flexibility index (Phi) is 5.38. The van der Waals surface area contributed by atoms with Crippen molar-refractivity contribution in [3.63, 3.8) is 0 Å². The maximum Gasteiger partial charge on any atom is 0.337 e. The van der Waals surface area contributed by atoms with Crippen molar-refractivity contribution >= 4 is 35.2 Å². The highest BCUT2D eigenvalue weighted by Crippen LogP contribution is 2.22. The lowest BCUT2D eigenvalue weighted by atomic mass is 10.1. The number of para-hydroxylation sites is 1. The van der Waals surface area contributed by atoms with Crippen LogP contribution in [-0.4, -0.2) is 24.1 Å². The molecule has 0 aliphatic carbocycles. The summed E-state index contributed by atoms with van der Waals surface area (Å²) in [6.07, 6.45) is 2.88. The molecule has 0 unspecified atom stereocenters. The zero-order chi connectivity index (χ0) is 16.8. The summed E-state index contributed by atoms with van der Waals surface area (Å²) in [6.45, 7) is 0. The Bertz CT molecular complexity index is 771. The number of carboxylic acid groups (broad SMARTS) is 1. The Balaban J connectivity index is 2.18. The van der Waals surface area contributed by atoms with Gasteiger partial charge >= 0.3 is 5.97 Å². The fourth-order valence-corrected chi connectivity index (χ4v) is 2.12. The number of aromatic carboxylic acids is 1. The minimum Gasteiger partial charge on any atom is -0.496 e. The highest BCUT2D eigenvalue weighted by Gasteiger charge is 2.12. The molecule has 5 nitrogen and oxygen atoms in total. The number of anilines is 1. The topological polar surface area (TPSA) is 75.6 Å². The van der Waals surface area contributed by atoms with Crippen LogP contribution >= 0.6 is 11.6 Å². The van der Waals surface area contributed by atoms with Crippen LogP contribution in [0.5, 0.6) is 5.75 Å². The molecule has 0 radical (unpaired) electrons. The number of ether oxygens (including phenoxy) is 1. The van der Waals surface area contributed by atoms with Crippen molar-refractivity contribution in [1.82, 2.24) is 0 Å². The molecule has 23 heavy (non-hydrogen) atoms. The van der Waals surface area contributed by atoms with Crippen molar-refractivity contribution in [1.29, 1.82) is 0 Å². The van der Waals surface area contributed by atoms with Crippen LogP contribution in [0.3, 0.4) is 0 Å². The Morgan fingerprint density at radius 3 is 2.65 bits per heavy atom. The maximum atomic E-state index is 12.0. The fraction of sp³-hybridized carbons (Fsp3) is 0.0588. The first-order valence-corrected chi connectivity index (χ1v) is 7.04. The maximum absolute atomic E-state index is 12.0. The minimum atomic E-state index is -1.15. The van der Waals surface area contributed by atoms with E-state index < -0.39 is 11.9 Å². The number of benzene rings is 2. The van der Waals surface area contributed by atoms with Crippen molar-refractivity contribution in [3.05, 3.63) is 64.7 Å². The van der Waals surface area contributed by atoms with E-state index in [9.17, 15) is 9.59 Å². The van der Waals surface area contributed by atoms with Gasteiger partial charge in [-0.1, -0.05) is 29.8 Å². The standard InChI is InChI=1S/C17H14ClNO4/c1-23-15-5-3-2-4-11(15)6-9-16(20)19-14-10-12(18)7-8-13(14)17(21)22/h2-10H,1H3,(H,19,20)(H,21,22)/b9-6+. The third-order valence-electron chi connectivity index (χ3n) is 3.02. The molecular formula is C17H14ClNO4. The number of nitrogens with one attached hydrogen (secondary N) is 1. The molecule has 0 saturated carbocycles. The predicted octanol–water partition coefficient (Wildman–Crippen LogP) is 3.70. The number of hydrogen-bond acceptors (Lipinski definition) is 3. The number of amides is 1. The molecule has 0 atom stereocenters. The van der Waals surface area contributed by atoms with E-state index in [0.29, 0.717) is 10.8 Å². The van der Waals surface area contributed by atoms with Gasteiger partial charge in [0, 0.05) is 16.7 Å². The summed E-state index contributed by atoms with van der Waals surface area (Å²) in [7, 11) is 1.54. The number of rotatable bonds is 5. The summed E-state index contributed by atoms with van der Waals surface area (Å²) < 4.78 is 5.18. The van der Waals surface area contributed by atoms with Gasteiger partial charge in [-0.3, -0.25) is 4.79 Å². The zero-order valence-corrected chi connectivity index (χ0v) is 13.0. The number of carbonyl (C=O) groups excluding carboxylic acids is 1. The van der Waals surface area contributed by atoms with Crippen molar-refractivity contribution < 1.29 is 19.4 Å². The molecule has 0 bridgehead atoms. The first-order chi connectivity index (χ1) is 11.0. The molecule has 2 N–H and O–H groups in total. The molecule has 0 spiro atoms. The van der Waals surface area contributed by atoms with E-state index >= 15 is 0 Å². The predicted molar refractivity (Wildman–Crippen MR) is 89.1 cm³/mol. The highest BCUT2D eigenvalue weighted by molar-refractivity contribution is 6.31. The second kappa shape index (κ2) is 7.47. The van der Waals surface area contributed by atoms with Crippen LogP contribution in [0.2, 0.25) is 5.02 Å². The van der Waals surface area contributed by atoms with Gasteiger partial charge in [0.15, 0.2) is 0 Å². The van der Waals surface area contributed by atoms with Crippen molar-refractivity contribution in [2.24, 2.45) is 0 Å². The van der Waals surface area contributed by atoms with Gasteiger partial charge in [0.1, 0.15) is 5.75 Å². The summed E-state index contributed by atoms with van der Waals surface area (Å²) in [5, 5.41) is 12.0. The third-order valence-corrected chi connectivity index (χ3v) is 3.26. The van der Waals surface area contributed by atoms with Crippen LogP contribution in [0.25, 0.3) is 6.08 Å². The fourth-order valence-electron chi connectivity index (χ4n) is 1.95. The molecule has 0 heterocycles. The Labute approximate surface area is 138 Å². The van der Waals surface area contributed by atoms with E-state index in [4.69, 9.17) is 21.4 Å². The van der Waals surface area contributed by atoms with E-state index in [1.807, 2.05) is 12.1 Å². The summed E-state index contributed by atoms with van der Waals surface area (Å²) in [5.74, 6) is -0.989. The molecule has 2 aromatic carbocycles. The highest BCUT2D eigenvalue weighted by atomic mass is 35.5. The largest absolute Gasteiger partial charge is 0.496 e. The van der Waals surface area contributed by atoms with E-state index in [1.165, 1.54) is 31.4 Å². The minimum absolute atomic E-state index is 0.0339. The molecule has 0 aromatic heterocycles. The van der Waals surface area contributed by atoms with Gasteiger partial charge in [-0.2, -0.15) is 0 Å². The van der Waals surface area contributed by atoms with Gasteiger partial charge in [-0.05, 0) is 30.3 Å². The smallest absolute Gasteiger partial charge is 0.337 e. The van der Waals surface area contributed by atoms with E-state index in [2.05, 4.69) is 5.32 Å². The molecule has 2 rings (SSSR count). The van der Waals surface area contributed by atoms with E-state index in [0.717, 1.165) is 5.56 Å². The molecule has 0 aliphatic heterocycles. The van der Waals surface area contributed by atoms with Crippen LogP contribution in [0, 0.1) is 0 Å². The Morgan fingerprint density at radius 1 is 1.22 bits per heavy atom. The molecule has 6 heteroatoms. The first-order valence-electron chi connectivity index (χ1n) is 6.66. The van der Waals surface area contributed by atoms with Gasteiger partial charge in [-0.25, -0.2) is 4.79 Å².